The van der Waals surface area contributed by atoms with E-state index >= 15 is 0 Å². The van der Waals surface area contributed by atoms with Gasteiger partial charge in [-0.2, -0.15) is 0 Å². The van der Waals surface area contributed by atoms with E-state index < -0.39 is 0 Å². The smallest absolute Gasteiger partial charge is 0.306 e. The standard InChI is InChI=1S/C22H43NO2/c1-8-18(2)14-12-10-9-11-13-15-20(24)25-19-16-21(3,4)23(7)22(5,6)17-19/h18-19H,8-17H2,1-7H3. The van der Waals surface area contributed by atoms with Gasteiger partial charge in [-0.3, -0.25) is 9.69 Å². The molecule has 0 saturated carbocycles. The van der Waals surface area contributed by atoms with Crippen LogP contribution in [0.3, 0.4) is 0 Å². The van der Waals surface area contributed by atoms with Gasteiger partial charge in [0.25, 0.3) is 0 Å². The largest absolute Gasteiger partial charge is 0.462 e. The molecule has 1 atom stereocenters. The maximum Gasteiger partial charge on any atom is 0.306 e. The summed E-state index contributed by atoms with van der Waals surface area (Å²) in [4.78, 5) is 14.6. The molecule has 0 aromatic heterocycles. The molecule has 1 aliphatic rings. The Bertz CT molecular complexity index is 385. The molecule has 148 valence electrons. The van der Waals surface area contributed by atoms with Gasteiger partial charge in [0.15, 0.2) is 0 Å². The van der Waals surface area contributed by atoms with E-state index in [9.17, 15) is 4.79 Å². The number of esters is 1. The van der Waals surface area contributed by atoms with Crippen LogP contribution < -0.4 is 0 Å². The van der Waals surface area contributed by atoms with Crippen LogP contribution in [0.2, 0.25) is 0 Å². The lowest BCUT2D eigenvalue weighted by Gasteiger charge is -2.53. The minimum absolute atomic E-state index is 0.000702. The third-order valence-electron chi connectivity index (χ3n) is 6.34. The number of hydrogen-bond acceptors (Lipinski definition) is 3. The maximum absolute atomic E-state index is 12.2. The van der Waals surface area contributed by atoms with Gasteiger partial charge in [-0.25, -0.2) is 0 Å². The van der Waals surface area contributed by atoms with Crippen molar-refractivity contribution >= 4 is 5.97 Å². The number of unbranched alkanes of at least 4 members (excludes halogenated alkanes) is 4. The zero-order chi connectivity index (χ0) is 19.1. The summed E-state index contributed by atoms with van der Waals surface area (Å²) < 4.78 is 5.82. The molecule has 1 aliphatic heterocycles. The van der Waals surface area contributed by atoms with Crippen molar-refractivity contribution < 1.29 is 9.53 Å². The monoisotopic (exact) mass is 353 g/mol. The van der Waals surface area contributed by atoms with E-state index in [1.165, 1.54) is 32.1 Å². The van der Waals surface area contributed by atoms with Gasteiger partial charge in [0, 0.05) is 30.3 Å². The number of rotatable bonds is 10. The van der Waals surface area contributed by atoms with Crippen molar-refractivity contribution in [1.82, 2.24) is 4.90 Å². The Morgan fingerprint density at radius 3 is 2.12 bits per heavy atom. The van der Waals surface area contributed by atoms with Gasteiger partial charge in [0.1, 0.15) is 6.10 Å². The van der Waals surface area contributed by atoms with Gasteiger partial charge in [0.05, 0.1) is 0 Å². The first-order valence-corrected chi connectivity index (χ1v) is 10.5. The van der Waals surface area contributed by atoms with Gasteiger partial charge < -0.3 is 4.74 Å². The first kappa shape index (κ1) is 22.5. The average Bonchev–Trinajstić information content (AvgIpc) is 2.50. The predicted octanol–water partition coefficient (Wildman–Crippen LogP) is 5.96. The molecule has 1 fully saturated rings. The number of likely N-dealkylation sites (tertiary alicyclic amines) is 1. The van der Waals surface area contributed by atoms with Crippen LogP contribution in [0.15, 0.2) is 0 Å². The summed E-state index contributed by atoms with van der Waals surface area (Å²) in [6, 6.07) is 0. The van der Waals surface area contributed by atoms with Crippen LogP contribution >= 0.6 is 0 Å². The van der Waals surface area contributed by atoms with Crippen molar-refractivity contribution in [3.05, 3.63) is 0 Å². The highest BCUT2D eigenvalue weighted by atomic mass is 16.5. The molecular formula is C22H43NO2. The van der Waals surface area contributed by atoms with Crippen LogP contribution in [-0.4, -0.2) is 35.1 Å². The Morgan fingerprint density at radius 2 is 1.56 bits per heavy atom. The molecule has 1 heterocycles. The Labute approximate surface area is 156 Å². The molecule has 0 spiro atoms. The number of hydrogen-bond donors (Lipinski definition) is 0. The van der Waals surface area contributed by atoms with Gasteiger partial charge in [0.2, 0.25) is 0 Å². The number of ether oxygens (including phenoxy) is 1. The molecule has 0 radical (unpaired) electrons. The van der Waals surface area contributed by atoms with Gasteiger partial charge in [-0.1, -0.05) is 52.4 Å². The van der Waals surface area contributed by atoms with Gasteiger partial charge in [-0.15, -0.1) is 0 Å². The van der Waals surface area contributed by atoms with E-state index in [0.717, 1.165) is 31.6 Å². The lowest BCUT2D eigenvalue weighted by molar-refractivity contribution is -0.159. The molecule has 1 saturated heterocycles. The fourth-order valence-corrected chi connectivity index (χ4v) is 4.10. The first-order chi connectivity index (χ1) is 11.6. The second-order valence-electron chi connectivity index (χ2n) is 9.52. The molecular weight excluding hydrogens is 310 g/mol. The third kappa shape index (κ3) is 7.68. The van der Waals surface area contributed by atoms with Crippen LogP contribution in [0, 0.1) is 5.92 Å². The molecule has 3 nitrogen and oxygen atoms in total. The van der Waals surface area contributed by atoms with E-state index in [1.54, 1.807) is 0 Å². The first-order valence-electron chi connectivity index (χ1n) is 10.5. The van der Waals surface area contributed by atoms with E-state index in [-0.39, 0.29) is 23.2 Å². The highest BCUT2D eigenvalue weighted by Gasteiger charge is 2.44. The minimum Gasteiger partial charge on any atom is -0.462 e. The van der Waals surface area contributed by atoms with Gasteiger partial charge in [-0.05, 0) is 47.1 Å². The molecule has 0 aromatic carbocycles. The molecule has 25 heavy (non-hydrogen) atoms. The molecule has 0 bridgehead atoms. The van der Waals surface area contributed by atoms with Crippen molar-refractivity contribution in [2.24, 2.45) is 5.92 Å². The van der Waals surface area contributed by atoms with E-state index in [4.69, 9.17) is 4.74 Å². The summed E-state index contributed by atoms with van der Waals surface area (Å²) in [6.07, 6.45) is 11.1. The Balaban J connectivity index is 2.20. The normalized spacial score (nSPS) is 21.9. The Hall–Kier alpha value is -0.570. The van der Waals surface area contributed by atoms with Crippen LogP contribution in [0.4, 0.5) is 0 Å². The predicted molar refractivity (Wildman–Crippen MR) is 107 cm³/mol. The minimum atomic E-state index is 0.000702. The SMILES string of the molecule is CCC(C)CCCCCCCC(=O)OC1CC(C)(C)N(C)C(C)(C)C1. The number of carbonyl (C=O) groups excluding carboxylic acids is 1. The fraction of sp³-hybridized carbons (Fsp3) is 0.955. The van der Waals surface area contributed by atoms with Crippen molar-refractivity contribution in [2.75, 3.05) is 7.05 Å². The summed E-state index contributed by atoms with van der Waals surface area (Å²) in [6.45, 7) is 13.6. The molecule has 1 unspecified atom stereocenters. The summed E-state index contributed by atoms with van der Waals surface area (Å²) in [5, 5.41) is 0. The topological polar surface area (TPSA) is 29.5 Å². The summed E-state index contributed by atoms with van der Waals surface area (Å²) >= 11 is 0. The summed E-state index contributed by atoms with van der Waals surface area (Å²) in [5.74, 6) is 0.860. The third-order valence-corrected chi connectivity index (χ3v) is 6.34. The fourth-order valence-electron chi connectivity index (χ4n) is 4.10. The molecule has 0 amide bonds. The quantitative estimate of drug-likeness (QED) is 0.358. The van der Waals surface area contributed by atoms with Crippen LogP contribution in [0.25, 0.3) is 0 Å². The lowest BCUT2D eigenvalue weighted by Crippen LogP contribution is -2.60. The zero-order valence-electron chi connectivity index (χ0n) is 18.0. The Morgan fingerprint density at radius 1 is 1.04 bits per heavy atom. The van der Waals surface area contributed by atoms with Gasteiger partial charge >= 0.3 is 5.97 Å². The van der Waals surface area contributed by atoms with Crippen LogP contribution in [-0.2, 0) is 9.53 Å². The zero-order valence-corrected chi connectivity index (χ0v) is 18.0. The molecule has 1 rings (SSSR count). The average molecular weight is 354 g/mol. The van der Waals surface area contributed by atoms with Crippen molar-refractivity contribution in [2.45, 2.75) is 123 Å². The lowest BCUT2D eigenvalue weighted by atomic mass is 9.79. The number of carbonyl (C=O) groups is 1. The highest BCUT2D eigenvalue weighted by Crippen LogP contribution is 2.38. The highest BCUT2D eigenvalue weighted by molar-refractivity contribution is 5.69. The number of piperidine rings is 1. The van der Waals surface area contributed by atoms with Crippen molar-refractivity contribution in [3.63, 3.8) is 0 Å². The van der Waals surface area contributed by atoms with Crippen molar-refractivity contribution in [1.29, 1.82) is 0 Å². The van der Waals surface area contributed by atoms with E-state index in [1.807, 2.05) is 0 Å². The Kier molecular flexibility index (Phi) is 8.94. The van der Waals surface area contributed by atoms with E-state index in [0.29, 0.717) is 6.42 Å². The molecule has 0 N–H and O–H groups in total. The van der Waals surface area contributed by atoms with Crippen molar-refractivity contribution in [3.8, 4) is 0 Å². The second kappa shape index (κ2) is 9.94. The maximum atomic E-state index is 12.2. The van der Waals surface area contributed by atoms with Crippen LogP contribution in [0.5, 0.6) is 0 Å². The second-order valence-corrected chi connectivity index (χ2v) is 9.52. The molecule has 3 heteroatoms. The van der Waals surface area contributed by atoms with E-state index in [2.05, 4.69) is 53.5 Å². The molecule has 0 aromatic rings. The molecule has 0 aliphatic carbocycles. The number of nitrogens with zero attached hydrogens (tertiary/aromatic N) is 1. The summed E-state index contributed by atoms with van der Waals surface area (Å²) in [5.41, 5.74) is 0.143. The van der Waals surface area contributed by atoms with Crippen LogP contribution in [0.1, 0.15) is 106 Å². The summed E-state index contributed by atoms with van der Waals surface area (Å²) in [7, 11) is 2.18.